The van der Waals surface area contributed by atoms with Gasteiger partial charge < -0.3 is 19.6 Å². The quantitative estimate of drug-likeness (QED) is 0.191. The third-order valence-corrected chi connectivity index (χ3v) is 3.09. The number of hydrogen-bond acceptors (Lipinski definition) is 1. The maximum Gasteiger partial charge on any atom is 3.00 e. The Morgan fingerprint density at radius 1 is 0.952 bits per heavy atom. The van der Waals surface area contributed by atoms with Crippen LogP contribution in [0.1, 0.15) is 79.1 Å². The van der Waals surface area contributed by atoms with Crippen molar-refractivity contribution in [2.75, 3.05) is 0 Å². The zero-order valence-electron chi connectivity index (χ0n) is 14.5. The van der Waals surface area contributed by atoms with Gasteiger partial charge in [0.2, 0.25) is 0 Å². The molecule has 1 radical (unpaired) electrons. The molecule has 0 aromatic carbocycles. The van der Waals surface area contributed by atoms with Crippen LogP contribution in [0.15, 0.2) is 0 Å². The maximum absolute atomic E-state index is 6.18. The van der Waals surface area contributed by atoms with E-state index in [9.17, 15) is 0 Å². The van der Waals surface area contributed by atoms with Crippen LogP contribution in [0.4, 0.5) is 0 Å². The van der Waals surface area contributed by atoms with Crippen molar-refractivity contribution in [2.45, 2.75) is 79.1 Å². The summed E-state index contributed by atoms with van der Waals surface area (Å²) in [6.45, 7) is 16.8. The predicted molar refractivity (Wildman–Crippen MR) is 103 cm³/mol. The molecule has 0 aromatic heterocycles. The molecule has 127 valence electrons. The molecule has 21 heavy (non-hydrogen) atoms. The fourth-order valence-corrected chi connectivity index (χ4v) is 1.39. The van der Waals surface area contributed by atoms with Gasteiger partial charge in [-0.1, -0.05) is 91.3 Å². The number of hydrogen-bond donors (Lipinski definition) is 1. The van der Waals surface area contributed by atoms with Crippen molar-refractivity contribution in [1.82, 2.24) is 0 Å². The molecule has 2 atom stereocenters. The van der Waals surface area contributed by atoms with Gasteiger partial charge in [0, 0.05) is 0 Å². The Labute approximate surface area is 160 Å². The van der Waals surface area contributed by atoms with Crippen molar-refractivity contribution in [2.24, 2.45) is 11.8 Å². The van der Waals surface area contributed by atoms with Gasteiger partial charge in [0.1, 0.15) is 0 Å². The van der Waals surface area contributed by atoms with Gasteiger partial charge in [-0.05, 0) is 4.32 Å². The summed E-state index contributed by atoms with van der Waals surface area (Å²) >= 11 is 7.43. The molecular weight excluding hydrogens is 378 g/mol. The Kier molecular flexibility index (Phi) is 36.8. The number of thiocarbonyl (C=S) groups is 1. The third kappa shape index (κ3) is 44.9. The van der Waals surface area contributed by atoms with Crippen LogP contribution in [0, 0.1) is 25.7 Å². The molecule has 1 N–H and O–H groups in total. The van der Waals surface area contributed by atoms with Crippen molar-refractivity contribution in [1.29, 1.82) is 0 Å². The second-order valence-corrected chi connectivity index (χ2v) is 6.30. The fourth-order valence-electron chi connectivity index (χ4n) is 1.39. The van der Waals surface area contributed by atoms with Crippen LogP contribution in [0.3, 0.4) is 0 Å². The Hall–Kier alpha value is 0.928. The minimum atomic E-state index is -0.0556. The molecule has 0 aliphatic rings. The number of nitrogens with one attached hydrogen (secondary N) is 1. The molecule has 0 aromatic rings. The first-order valence-corrected chi connectivity index (χ1v) is 8.81. The monoisotopic (exact) mass is 416 g/mol. The zero-order chi connectivity index (χ0) is 16.4. The topological polar surface area (TPSA) is 23.8 Å². The molecule has 0 aliphatic carbocycles. The van der Waals surface area contributed by atoms with Crippen LogP contribution in [-0.4, -0.2) is 4.32 Å². The van der Waals surface area contributed by atoms with E-state index in [2.05, 4.69) is 66.4 Å². The predicted octanol–water partition coefficient (Wildman–Crippen LogP) is 7.32. The van der Waals surface area contributed by atoms with Crippen molar-refractivity contribution >= 4 is 29.2 Å². The molecule has 0 rings (SSSR count). The van der Waals surface area contributed by atoms with Gasteiger partial charge >= 0.3 is 21.1 Å². The van der Waals surface area contributed by atoms with E-state index in [-0.39, 0.29) is 25.4 Å². The first-order valence-electron chi connectivity index (χ1n) is 7.96. The van der Waals surface area contributed by atoms with Crippen molar-refractivity contribution in [3.8, 4) is 0 Å². The Balaban J connectivity index is -0.000000107. The SMILES string of the molecule is [CH2-]C(CC)CCCC.[CH2-]C(CC)CCCC.[Mo+3].[NH-]C(=S)S. The second-order valence-electron chi connectivity index (χ2n) is 5.14. The van der Waals surface area contributed by atoms with Crippen LogP contribution < -0.4 is 0 Å². The molecule has 2 unspecified atom stereocenters. The molecule has 0 saturated carbocycles. The first-order chi connectivity index (χ1) is 9.35. The normalized spacial score (nSPS) is 11.8. The van der Waals surface area contributed by atoms with Crippen LogP contribution in [0.5, 0.6) is 0 Å². The van der Waals surface area contributed by atoms with Crippen LogP contribution >= 0.6 is 24.8 Å². The average molecular weight is 415 g/mol. The van der Waals surface area contributed by atoms with E-state index in [0.717, 1.165) is 0 Å². The molecule has 1 nitrogen and oxygen atoms in total. The van der Waals surface area contributed by atoms with Crippen molar-refractivity contribution in [3.63, 3.8) is 0 Å². The minimum absolute atomic E-state index is 0. The molecule has 0 spiro atoms. The number of thiol groups is 1. The van der Waals surface area contributed by atoms with Gasteiger partial charge in [-0.3, -0.25) is 0 Å². The van der Waals surface area contributed by atoms with Crippen molar-refractivity contribution < 1.29 is 21.1 Å². The van der Waals surface area contributed by atoms with E-state index in [1.165, 1.54) is 51.4 Å². The summed E-state index contributed by atoms with van der Waals surface area (Å²) in [7, 11) is 0. The van der Waals surface area contributed by atoms with E-state index >= 15 is 0 Å². The molecule has 0 saturated heterocycles. The average Bonchev–Trinajstić information content (AvgIpc) is 2.42. The van der Waals surface area contributed by atoms with Gasteiger partial charge in [-0.25, -0.2) is 0 Å². The van der Waals surface area contributed by atoms with Gasteiger partial charge in [-0.15, -0.1) is 0 Å². The second kappa shape index (κ2) is 25.9. The molecule has 0 amide bonds. The summed E-state index contributed by atoms with van der Waals surface area (Å²) in [6.07, 6.45) is 10.4. The van der Waals surface area contributed by atoms with Crippen LogP contribution in [-0.2, 0) is 21.1 Å². The van der Waals surface area contributed by atoms with Crippen LogP contribution in [0.2, 0.25) is 0 Å². The van der Waals surface area contributed by atoms with Gasteiger partial charge in [0.25, 0.3) is 0 Å². The van der Waals surface area contributed by atoms with Gasteiger partial charge in [0.05, 0.1) is 0 Å². The van der Waals surface area contributed by atoms with Crippen LogP contribution in [0.25, 0.3) is 5.73 Å². The fraction of sp³-hybridized carbons (Fsp3) is 0.824. The van der Waals surface area contributed by atoms with E-state index in [1.807, 2.05) is 0 Å². The van der Waals surface area contributed by atoms with E-state index < -0.39 is 0 Å². The summed E-state index contributed by atoms with van der Waals surface area (Å²) in [4.78, 5) is 0. The van der Waals surface area contributed by atoms with Gasteiger partial charge in [0.15, 0.2) is 0 Å². The molecule has 0 fully saturated rings. The van der Waals surface area contributed by atoms with Gasteiger partial charge in [-0.2, -0.15) is 24.5 Å². The third-order valence-electron chi connectivity index (χ3n) is 3.09. The molecule has 4 heteroatoms. The number of rotatable bonds is 8. The summed E-state index contributed by atoms with van der Waals surface area (Å²) in [5.74, 6) is 1.41. The molecular formula is C17H36MoNS2. The summed E-state index contributed by atoms with van der Waals surface area (Å²) in [5.41, 5.74) is 6.18. The smallest absolute Gasteiger partial charge is 0.684 e. The summed E-state index contributed by atoms with van der Waals surface area (Å²) < 4.78 is -0.0556. The molecule has 0 aliphatic heterocycles. The van der Waals surface area contributed by atoms with Crippen molar-refractivity contribution in [3.05, 3.63) is 19.6 Å². The molecule has 0 heterocycles. The largest absolute Gasteiger partial charge is 3.00 e. The zero-order valence-corrected chi connectivity index (χ0v) is 18.2. The van der Waals surface area contributed by atoms with E-state index in [4.69, 9.17) is 5.73 Å². The standard InChI is InChI=1S/2C8H17.CH3NS2.Mo/c2*1-4-6-7-8(3)5-2;2-1(3)4;/h2*8H,3-7H2,1-2H3;(H3,2,3,4);/q2*-1;;+3/p-1. The van der Waals surface area contributed by atoms with E-state index in [0.29, 0.717) is 11.8 Å². The maximum atomic E-state index is 6.18. The Morgan fingerprint density at radius 3 is 1.33 bits per heavy atom. The summed E-state index contributed by atoms with van der Waals surface area (Å²) in [6, 6.07) is 0. The number of unbranched alkanes of at least 4 members (excludes halogenated alkanes) is 2. The van der Waals surface area contributed by atoms with E-state index in [1.54, 1.807) is 0 Å². The molecule has 0 bridgehead atoms. The Bertz CT molecular complexity index is 172. The minimum Gasteiger partial charge on any atom is -0.684 e. The first kappa shape index (κ1) is 29.9. The Morgan fingerprint density at radius 2 is 1.19 bits per heavy atom. The summed E-state index contributed by atoms with van der Waals surface area (Å²) in [5, 5.41) is 0.